The van der Waals surface area contributed by atoms with Crippen LogP contribution in [-0.2, 0) is 9.47 Å². The molecule has 0 saturated heterocycles. The van der Waals surface area contributed by atoms with Crippen molar-refractivity contribution in [2.75, 3.05) is 19.5 Å². The SMILES string of the molecule is COC1CCC(OC)C(Nc2nc(=O)c3cccnc3s2)C1. The third-order valence-electron chi connectivity index (χ3n) is 4.08. The molecule has 3 rings (SSSR count). The van der Waals surface area contributed by atoms with Crippen LogP contribution >= 0.6 is 11.3 Å². The van der Waals surface area contributed by atoms with E-state index >= 15 is 0 Å². The summed E-state index contributed by atoms with van der Waals surface area (Å²) in [6.07, 6.45) is 4.72. The Hall–Kier alpha value is -1.57. The smallest absolute Gasteiger partial charge is 0.282 e. The van der Waals surface area contributed by atoms with E-state index in [0.29, 0.717) is 15.3 Å². The van der Waals surface area contributed by atoms with Gasteiger partial charge in [0.05, 0.1) is 23.6 Å². The van der Waals surface area contributed by atoms with Crippen molar-refractivity contribution in [3.05, 3.63) is 28.7 Å². The molecule has 0 amide bonds. The summed E-state index contributed by atoms with van der Waals surface area (Å²) < 4.78 is 11.0. The quantitative estimate of drug-likeness (QED) is 0.929. The second-order valence-electron chi connectivity index (χ2n) is 5.38. The Morgan fingerprint density at radius 1 is 1.32 bits per heavy atom. The van der Waals surface area contributed by atoms with Crippen LogP contribution in [0.2, 0.25) is 0 Å². The predicted molar refractivity (Wildman–Crippen MR) is 86.5 cm³/mol. The van der Waals surface area contributed by atoms with Gasteiger partial charge in [-0.05, 0) is 31.4 Å². The van der Waals surface area contributed by atoms with Crippen molar-refractivity contribution >= 4 is 26.7 Å². The first-order chi connectivity index (χ1) is 10.7. The highest BCUT2D eigenvalue weighted by Gasteiger charge is 2.31. The Morgan fingerprint density at radius 2 is 2.18 bits per heavy atom. The zero-order valence-corrected chi connectivity index (χ0v) is 13.4. The van der Waals surface area contributed by atoms with E-state index in [-0.39, 0.29) is 23.8 Å². The number of ether oxygens (including phenoxy) is 2. The van der Waals surface area contributed by atoms with Crippen molar-refractivity contribution in [2.24, 2.45) is 0 Å². The topological polar surface area (TPSA) is 73.3 Å². The van der Waals surface area contributed by atoms with E-state index in [1.807, 2.05) is 0 Å². The van der Waals surface area contributed by atoms with E-state index in [1.54, 1.807) is 32.5 Å². The minimum atomic E-state index is -0.252. The van der Waals surface area contributed by atoms with Gasteiger partial charge < -0.3 is 14.8 Å². The molecule has 2 aromatic rings. The number of nitrogens with zero attached hydrogens (tertiary/aromatic N) is 2. The molecule has 1 N–H and O–H groups in total. The van der Waals surface area contributed by atoms with E-state index in [0.717, 1.165) is 19.3 Å². The van der Waals surface area contributed by atoms with E-state index in [1.165, 1.54) is 11.3 Å². The Bertz CT molecular complexity index is 706. The lowest BCUT2D eigenvalue weighted by molar-refractivity contribution is -0.00351. The number of methoxy groups -OCH3 is 2. The molecule has 0 bridgehead atoms. The van der Waals surface area contributed by atoms with Crippen molar-refractivity contribution in [1.29, 1.82) is 0 Å². The van der Waals surface area contributed by atoms with E-state index in [2.05, 4.69) is 15.3 Å². The van der Waals surface area contributed by atoms with Crippen molar-refractivity contribution < 1.29 is 9.47 Å². The molecule has 1 aliphatic carbocycles. The number of anilines is 1. The Labute approximate surface area is 132 Å². The molecule has 1 fully saturated rings. The minimum absolute atomic E-state index is 0.0769. The molecule has 2 heterocycles. The van der Waals surface area contributed by atoms with Gasteiger partial charge in [-0.15, -0.1) is 0 Å². The molecule has 0 spiro atoms. The molecule has 0 aliphatic heterocycles. The molecule has 1 aliphatic rings. The van der Waals surface area contributed by atoms with Crippen LogP contribution in [0.3, 0.4) is 0 Å². The summed E-state index contributed by atoms with van der Waals surface area (Å²) in [4.78, 5) is 21.1. The fraction of sp³-hybridized carbons (Fsp3) is 0.533. The summed E-state index contributed by atoms with van der Waals surface area (Å²) in [5, 5.41) is 4.48. The molecule has 6 nitrogen and oxygen atoms in total. The predicted octanol–water partition coefficient (Wildman–Crippen LogP) is 2.05. The maximum absolute atomic E-state index is 12.1. The molecular weight excluding hydrogens is 302 g/mol. The monoisotopic (exact) mass is 321 g/mol. The fourth-order valence-corrected chi connectivity index (χ4v) is 3.78. The Morgan fingerprint density at radius 3 is 2.95 bits per heavy atom. The average Bonchev–Trinajstić information content (AvgIpc) is 2.55. The number of fused-ring (bicyclic) bond motifs is 1. The molecule has 22 heavy (non-hydrogen) atoms. The van der Waals surface area contributed by atoms with Gasteiger partial charge in [-0.3, -0.25) is 4.79 Å². The molecule has 1 saturated carbocycles. The van der Waals surface area contributed by atoms with Crippen LogP contribution in [0.25, 0.3) is 10.2 Å². The normalized spacial score (nSPS) is 25.3. The second-order valence-corrected chi connectivity index (χ2v) is 6.35. The van der Waals surface area contributed by atoms with Crippen LogP contribution in [0.5, 0.6) is 0 Å². The van der Waals surface area contributed by atoms with Gasteiger partial charge in [-0.25, -0.2) is 4.98 Å². The molecule has 3 atom stereocenters. The van der Waals surface area contributed by atoms with Crippen LogP contribution in [0, 0.1) is 0 Å². The molecule has 3 unspecified atom stereocenters. The van der Waals surface area contributed by atoms with E-state index in [4.69, 9.17) is 9.47 Å². The largest absolute Gasteiger partial charge is 0.381 e. The van der Waals surface area contributed by atoms with Gasteiger partial charge in [-0.1, -0.05) is 11.3 Å². The lowest BCUT2D eigenvalue weighted by Gasteiger charge is -2.35. The highest BCUT2D eigenvalue weighted by atomic mass is 32.1. The zero-order chi connectivity index (χ0) is 15.5. The summed E-state index contributed by atoms with van der Waals surface area (Å²) >= 11 is 1.39. The molecule has 2 aromatic heterocycles. The molecule has 0 aromatic carbocycles. The first-order valence-electron chi connectivity index (χ1n) is 7.29. The second kappa shape index (κ2) is 6.68. The van der Waals surface area contributed by atoms with Crippen molar-refractivity contribution in [1.82, 2.24) is 9.97 Å². The van der Waals surface area contributed by atoms with Gasteiger partial charge in [-0.2, -0.15) is 4.98 Å². The number of hydrogen-bond acceptors (Lipinski definition) is 7. The lowest BCUT2D eigenvalue weighted by Crippen LogP contribution is -2.43. The molecular formula is C15H19N3O3S. The van der Waals surface area contributed by atoms with Gasteiger partial charge in [0.2, 0.25) is 0 Å². The van der Waals surface area contributed by atoms with Crippen LogP contribution in [0.4, 0.5) is 5.13 Å². The van der Waals surface area contributed by atoms with Crippen molar-refractivity contribution in [3.8, 4) is 0 Å². The van der Waals surface area contributed by atoms with E-state index < -0.39 is 0 Å². The maximum atomic E-state index is 12.1. The number of nitrogens with one attached hydrogen (secondary N) is 1. The van der Waals surface area contributed by atoms with Gasteiger partial charge in [0, 0.05) is 20.4 Å². The minimum Gasteiger partial charge on any atom is -0.381 e. The van der Waals surface area contributed by atoms with Gasteiger partial charge in [0.15, 0.2) is 5.13 Å². The van der Waals surface area contributed by atoms with Crippen LogP contribution in [0.15, 0.2) is 23.1 Å². The fourth-order valence-electron chi connectivity index (χ4n) is 2.87. The number of aromatic nitrogens is 2. The summed E-state index contributed by atoms with van der Waals surface area (Å²) in [5.41, 5.74) is -0.252. The number of pyridine rings is 1. The standard InChI is InChI=1S/C15H19N3O3S/c1-20-9-5-6-12(21-2)11(8-9)17-15-18-13(19)10-4-3-7-16-14(10)22-15/h3-4,7,9,11-12H,5-6,8H2,1-2H3,(H,17,18,19). The Balaban J connectivity index is 1.86. The van der Waals surface area contributed by atoms with Crippen LogP contribution in [-0.4, -0.2) is 42.4 Å². The highest BCUT2D eigenvalue weighted by molar-refractivity contribution is 7.21. The first-order valence-corrected chi connectivity index (χ1v) is 8.11. The average molecular weight is 321 g/mol. The first kappa shape index (κ1) is 15.3. The van der Waals surface area contributed by atoms with E-state index in [9.17, 15) is 4.79 Å². The number of rotatable bonds is 4. The summed E-state index contributed by atoms with van der Waals surface area (Å²) in [6.45, 7) is 0. The summed E-state index contributed by atoms with van der Waals surface area (Å²) in [6, 6.07) is 3.57. The number of hydrogen-bond donors (Lipinski definition) is 1. The molecule has 0 radical (unpaired) electrons. The Kier molecular flexibility index (Phi) is 4.66. The summed E-state index contributed by atoms with van der Waals surface area (Å²) in [7, 11) is 3.44. The van der Waals surface area contributed by atoms with Gasteiger partial charge in [0.1, 0.15) is 4.83 Å². The third kappa shape index (κ3) is 3.11. The van der Waals surface area contributed by atoms with Gasteiger partial charge in [0.25, 0.3) is 5.56 Å². The van der Waals surface area contributed by atoms with Crippen molar-refractivity contribution in [3.63, 3.8) is 0 Å². The van der Waals surface area contributed by atoms with Crippen LogP contribution in [0.1, 0.15) is 19.3 Å². The van der Waals surface area contributed by atoms with Gasteiger partial charge >= 0.3 is 0 Å². The van der Waals surface area contributed by atoms with Crippen molar-refractivity contribution in [2.45, 2.75) is 37.5 Å². The lowest BCUT2D eigenvalue weighted by atomic mass is 9.90. The summed E-state index contributed by atoms with van der Waals surface area (Å²) in [5.74, 6) is 0. The molecule has 7 heteroatoms. The highest BCUT2D eigenvalue weighted by Crippen LogP contribution is 2.27. The zero-order valence-electron chi connectivity index (χ0n) is 12.6. The maximum Gasteiger partial charge on any atom is 0.282 e. The molecule has 118 valence electrons. The van der Waals surface area contributed by atoms with Crippen LogP contribution < -0.4 is 10.9 Å². The third-order valence-corrected chi connectivity index (χ3v) is 5.00.